The SMILES string of the molecule is Cc1ccc(C=CCN)cc1F. The molecule has 0 bridgehead atoms. The second-order valence-electron chi connectivity index (χ2n) is 2.65. The van der Waals surface area contributed by atoms with E-state index in [1.165, 1.54) is 6.07 Å². The molecule has 0 amide bonds. The fraction of sp³-hybridized carbons (Fsp3) is 0.200. The molecule has 2 N–H and O–H groups in total. The molecule has 0 atom stereocenters. The van der Waals surface area contributed by atoms with Gasteiger partial charge in [-0.25, -0.2) is 4.39 Å². The van der Waals surface area contributed by atoms with E-state index in [2.05, 4.69) is 0 Å². The molecule has 12 heavy (non-hydrogen) atoms. The Bertz CT molecular complexity index is 292. The third-order valence-electron chi connectivity index (χ3n) is 1.64. The van der Waals surface area contributed by atoms with Crippen molar-refractivity contribution in [2.24, 2.45) is 5.73 Å². The van der Waals surface area contributed by atoms with Crippen molar-refractivity contribution in [2.75, 3.05) is 6.54 Å². The molecule has 0 aliphatic heterocycles. The van der Waals surface area contributed by atoms with Gasteiger partial charge in [0, 0.05) is 6.54 Å². The number of benzene rings is 1. The van der Waals surface area contributed by atoms with Crippen molar-refractivity contribution in [3.8, 4) is 0 Å². The first kappa shape index (κ1) is 8.94. The van der Waals surface area contributed by atoms with Crippen LogP contribution in [0.2, 0.25) is 0 Å². The zero-order valence-electron chi connectivity index (χ0n) is 7.05. The molecule has 0 heterocycles. The summed E-state index contributed by atoms with van der Waals surface area (Å²) in [7, 11) is 0. The van der Waals surface area contributed by atoms with Crippen LogP contribution >= 0.6 is 0 Å². The molecule has 64 valence electrons. The molecule has 0 saturated carbocycles. The monoisotopic (exact) mass is 165 g/mol. The highest BCUT2D eigenvalue weighted by Crippen LogP contribution is 2.09. The highest BCUT2D eigenvalue weighted by molar-refractivity contribution is 5.50. The minimum absolute atomic E-state index is 0.172. The van der Waals surface area contributed by atoms with Gasteiger partial charge in [-0.15, -0.1) is 0 Å². The van der Waals surface area contributed by atoms with Crippen molar-refractivity contribution in [1.82, 2.24) is 0 Å². The Balaban J connectivity index is 2.89. The van der Waals surface area contributed by atoms with Crippen molar-refractivity contribution >= 4 is 6.08 Å². The van der Waals surface area contributed by atoms with Crippen LogP contribution in [0.4, 0.5) is 4.39 Å². The third-order valence-corrected chi connectivity index (χ3v) is 1.64. The lowest BCUT2D eigenvalue weighted by atomic mass is 10.1. The largest absolute Gasteiger partial charge is 0.327 e. The summed E-state index contributed by atoms with van der Waals surface area (Å²) in [5.74, 6) is -0.172. The number of hydrogen-bond acceptors (Lipinski definition) is 1. The van der Waals surface area contributed by atoms with E-state index in [9.17, 15) is 4.39 Å². The van der Waals surface area contributed by atoms with E-state index in [0.717, 1.165) is 5.56 Å². The quantitative estimate of drug-likeness (QED) is 0.713. The van der Waals surface area contributed by atoms with Gasteiger partial charge in [0.15, 0.2) is 0 Å². The highest BCUT2D eigenvalue weighted by Gasteiger charge is 1.95. The number of rotatable bonds is 2. The van der Waals surface area contributed by atoms with Gasteiger partial charge in [0.1, 0.15) is 5.82 Å². The number of hydrogen-bond donors (Lipinski definition) is 1. The normalized spacial score (nSPS) is 10.9. The molecule has 1 aromatic carbocycles. The zero-order valence-corrected chi connectivity index (χ0v) is 7.05. The number of aryl methyl sites for hydroxylation is 1. The van der Waals surface area contributed by atoms with Gasteiger partial charge in [-0.2, -0.15) is 0 Å². The van der Waals surface area contributed by atoms with Gasteiger partial charge in [0.2, 0.25) is 0 Å². The Morgan fingerprint density at radius 2 is 2.25 bits per heavy atom. The van der Waals surface area contributed by atoms with Crippen LogP contribution < -0.4 is 5.73 Å². The lowest BCUT2D eigenvalue weighted by molar-refractivity contribution is 0.618. The highest BCUT2D eigenvalue weighted by atomic mass is 19.1. The van der Waals surface area contributed by atoms with E-state index in [1.54, 1.807) is 19.1 Å². The first-order valence-electron chi connectivity index (χ1n) is 3.87. The summed E-state index contributed by atoms with van der Waals surface area (Å²) in [6.45, 7) is 2.22. The predicted molar refractivity (Wildman–Crippen MR) is 49.2 cm³/mol. The van der Waals surface area contributed by atoms with Crippen LogP contribution in [0.3, 0.4) is 0 Å². The van der Waals surface area contributed by atoms with E-state index < -0.39 is 0 Å². The van der Waals surface area contributed by atoms with Gasteiger partial charge in [0.25, 0.3) is 0 Å². The van der Waals surface area contributed by atoms with Crippen molar-refractivity contribution in [3.05, 3.63) is 41.2 Å². The van der Waals surface area contributed by atoms with E-state index in [0.29, 0.717) is 12.1 Å². The summed E-state index contributed by atoms with van der Waals surface area (Å²) in [6.07, 6.45) is 3.60. The van der Waals surface area contributed by atoms with Crippen molar-refractivity contribution in [1.29, 1.82) is 0 Å². The van der Waals surface area contributed by atoms with Crippen molar-refractivity contribution in [3.63, 3.8) is 0 Å². The lowest BCUT2D eigenvalue weighted by Gasteiger charge is -1.96. The van der Waals surface area contributed by atoms with E-state index in [1.807, 2.05) is 12.1 Å². The Kier molecular flexibility index (Phi) is 3.00. The van der Waals surface area contributed by atoms with Gasteiger partial charge in [0.05, 0.1) is 0 Å². The summed E-state index contributed by atoms with van der Waals surface area (Å²) in [6, 6.07) is 5.12. The van der Waals surface area contributed by atoms with Gasteiger partial charge < -0.3 is 5.73 Å². The van der Waals surface area contributed by atoms with Crippen LogP contribution in [0.15, 0.2) is 24.3 Å². The zero-order chi connectivity index (χ0) is 8.97. The molecular formula is C10H12FN. The molecule has 0 aromatic heterocycles. The lowest BCUT2D eigenvalue weighted by Crippen LogP contribution is -1.92. The summed E-state index contributed by atoms with van der Waals surface area (Å²) in [4.78, 5) is 0. The fourth-order valence-electron chi connectivity index (χ4n) is 0.917. The summed E-state index contributed by atoms with van der Waals surface area (Å²) in [5, 5.41) is 0. The molecule has 1 aromatic rings. The molecule has 0 spiro atoms. The molecule has 0 aliphatic carbocycles. The Morgan fingerprint density at radius 3 is 2.83 bits per heavy atom. The number of halogens is 1. The molecular weight excluding hydrogens is 153 g/mol. The fourth-order valence-corrected chi connectivity index (χ4v) is 0.917. The molecule has 0 unspecified atom stereocenters. The predicted octanol–water partition coefficient (Wildman–Crippen LogP) is 2.11. The molecule has 1 nitrogen and oxygen atoms in total. The maximum Gasteiger partial charge on any atom is 0.126 e. The maximum atomic E-state index is 12.9. The molecule has 0 fully saturated rings. The van der Waals surface area contributed by atoms with Crippen LogP contribution in [0.5, 0.6) is 0 Å². The Morgan fingerprint density at radius 1 is 1.50 bits per heavy atom. The second-order valence-corrected chi connectivity index (χ2v) is 2.65. The average molecular weight is 165 g/mol. The van der Waals surface area contributed by atoms with E-state index >= 15 is 0 Å². The first-order valence-corrected chi connectivity index (χ1v) is 3.87. The summed E-state index contributed by atoms with van der Waals surface area (Å²) >= 11 is 0. The first-order chi connectivity index (χ1) is 5.74. The van der Waals surface area contributed by atoms with Gasteiger partial charge in [-0.3, -0.25) is 0 Å². The maximum absolute atomic E-state index is 12.9. The number of nitrogens with two attached hydrogens (primary N) is 1. The smallest absolute Gasteiger partial charge is 0.126 e. The summed E-state index contributed by atoms with van der Waals surface area (Å²) < 4.78 is 12.9. The van der Waals surface area contributed by atoms with Gasteiger partial charge >= 0.3 is 0 Å². The van der Waals surface area contributed by atoms with Crippen LogP contribution in [-0.4, -0.2) is 6.54 Å². The minimum atomic E-state index is -0.172. The van der Waals surface area contributed by atoms with E-state index in [-0.39, 0.29) is 5.82 Å². The third kappa shape index (κ3) is 2.17. The van der Waals surface area contributed by atoms with Crippen molar-refractivity contribution in [2.45, 2.75) is 6.92 Å². The molecule has 1 rings (SSSR count). The van der Waals surface area contributed by atoms with Crippen molar-refractivity contribution < 1.29 is 4.39 Å². The molecule has 0 aliphatic rings. The molecule has 2 heteroatoms. The van der Waals surface area contributed by atoms with E-state index in [4.69, 9.17) is 5.73 Å². The van der Waals surface area contributed by atoms with Crippen LogP contribution in [-0.2, 0) is 0 Å². The van der Waals surface area contributed by atoms with Crippen LogP contribution in [0.1, 0.15) is 11.1 Å². The second kappa shape index (κ2) is 4.02. The Labute approximate surface area is 71.7 Å². The Hall–Kier alpha value is -1.15. The molecule has 0 saturated heterocycles. The molecule has 0 radical (unpaired) electrons. The van der Waals surface area contributed by atoms with Crippen LogP contribution in [0.25, 0.3) is 6.08 Å². The minimum Gasteiger partial charge on any atom is -0.327 e. The topological polar surface area (TPSA) is 26.0 Å². The van der Waals surface area contributed by atoms with Gasteiger partial charge in [-0.05, 0) is 24.1 Å². The average Bonchev–Trinajstić information content (AvgIpc) is 2.07. The van der Waals surface area contributed by atoms with Gasteiger partial charge in [-0.1, -0.05) is 24.3 Å². The standard InChI is InChI=1S/C10H12FN/c1-8-4-5-9(3-2-6-12)7-10(8)11/h2-5,7H,6,12H2,1H3. The summed E-state index contributed by atoms with van der Waals surface area (Å²) in [5.41, 5.74) is 6.78. The van der Waals surface area contributed by atoms with Crippen LogP contribution in [0, 0.1) is 12.7 Å².